The van der Waals surface area contributed by atoms with Gasteiger partial charge in [-0.2, -0.15) is 0 Å². The Morgan fingerprint density at radius 2 is 1.84 bits per heavy atom. The maximum atomic E-state index is 13.5. The Bertz CT molecular complexity index is 727. The van der Waals surface area contributed by atoms with E-state index in [1.807, 2.05) is 12.1 Å². The number of rotatable bonds is 7. The molecule has 0 spiro atoms. The highest BCUT2D eigenvalue weighted by atomic mass is 19.1. The standard InChI is InChI=1S/C20H23FN2O2/c1-25-17-8-6-16(7-9-17)20(11-12-20)14-23-19(24)22-13-10-15-4-2-3-5-18(15)21/h2-9H,10-14H2,1H3,(H2,22,23,24). The highest BCUT2D eigenvalue weighted by molar-refractivity contribution is 5.74. The predicted octanol–water partition coefficient (Wildman–Crippen LogP) is 3.41. The smallest absolute Gasteiger partial charge is 0.314 e. The van der Waals surface area contributed by atoms with E-state index in [2.05, 4.69) is 22.8 Å². The van der Waals surface area contributed by atoms with E-state index in [-0.39, 0.29) is 17.3 Å². The maximum absolute atomic E-state index is 13.5. The van der Waals surface area contributed by atoms with Crippen LogP contribution in [0.4, 0.5) is 9.18 Å². The molecular weight excluding hydrogens is 319 g/mol. The molecular formula is C20H23FN2O2. The van der Waals surface area contributed by atoms with Crippen LogP contribution in [-0.2, 0) is 11.8 Å². The minimum Gasteiger partial charge on any atom is -0.497 e. The van der Waals surface area contributed by atoms with Crippen LogP contribution in [0.3, 0.4) is 0 Å². The largest absolute Gasteiger partial charge is 0.497 e. The normalized spacial score (nSPS) is 14.6. The number of urea groups is 1. The van der Waals surface area contributed by atoms with Crippen molar-refractivity contribution < 1.29 is 13.9 Å². The van der Waals surface area contributed by atoms with Gasteiger partial charge in [-0.1, -0.05) is 30.3 Å². The van der Waals surface area contributed by atoms with Crippen molar-refractivity contribution in [3.63, 3.8) is 0 Å². The second-order valence-electron chi connectivity index (χ2n) is 6.46. The molecule has 1 fully saturated rings. The van der Waals surface area contributed by atoms with Crippen molar-refractivity contribution in [2.24, 2.45) is 0 Å². The third kappa shape index (κ3) is 4.29. The van der Waals surface area contributed by atoms with Gasteiger partial charge in [0.1, 0.15) is 11.6 Å². The highest BCUT2D eigenvalue weighted by Gasteiger charge is 2.44. The number of hydrogen-bond acceptors (Lipinski definition) is 2. The molecule has 0 atom stereocenters. The zero-order chi connectivity index (χ0) is 17.7. The van der Waals surface area contributed by atoms with E-state index in [9.17, 15) is 9.18 Å². The van der Waals surface area contributed by atoms with Crippen LogP contribution in [0.2, 0.25) is 0 Å². The average molecular weight is 342 g/mol. The number of benzene rings is 2. The molecule has 5 heteroatoms. The molecule has 2 N–H and O–H groups in total. The van der Waals surface area contributed by atoms with E-state index >= 15 is 0 Å². The number of halogens is 1. The van der Waals surface area contributed by atoms with Crippen molar-refractivity contribution in [3.05, 3.63) is 65.5 Å². The van der Waals surface area contributed by atoms with Crippen molar-refractivity contribution in [2.75, 3.05) is 20.2 Å². The van der Waals surface area contributed by atoms with Gasteiger partial charge < -0.3 is 15.4 Å². The fraction of sp³-hybridized carbons (Fsp3) is 0.350. The fourth-order valence-corrected chi connectivity index (χ4v) is 2.99. The molecule has 1 aliphatic carbocycles. The van der Waals surface area contributed by atoms with E-state index < -0.39 is 0 Å². The summed E-state index contributed by atoms with van der Waals surface area (Å²) in [5.74, 6) is 0.597. The summed E-state index contributed by atoms with van der Waals surface area (Å²) in [6.45, 7) is 1.01. The minimum atomic E-state index is -0.235. The van der Waals surface area contributed by atoms with Crippen molar-refractivity contribution in [1.29, 1.82) is 0 Å². The topological polar surface area (TPSA) is 50.4 Å². The van der Waals surface area contributed by atoms with Gasteiger partial charge in [-0.3, -0.25) is 0 Å². The van der Waals surface area contributed by atoms with Crippen LogP contribution in [-0.4, -0.2) is 26.2 Å². The number of carbonyl (C=O) groups excluding carboxylic acids is 1. The van der Waals surface area contributed by atoms with Crippen LogP contribution >= 0.6 is 0 Å². The lowest BCUT2D eigenvalue weighted by Crippen LogP contribution is -2.40. The number of methoxy groups -OCH3 is 1. The first kappa shape index (κ1) is 17.3. The average Bonchev–Trinajstić information content (AvgIpc) is 3.43. The number of carbonyl (C=O) groups is 1. The van der Waals surface area contributed by atoms with Gasteiger partial charge in [0.05, 0.1) is 7.11 Å². The Hall–Kier alpha value is -2.56. The Labute approximate surface area is 147 Å². The molecule has 0 aromatic heterocycles. The maximum Gasteiger partial charge on any atom is 0.314 e. The van der Waals surface area contributed by atoms with Gasteiger partial charge >= 0.3 is 6.03 Å². The van der Waals surface area contributed by atoms with Crippen molar-refractivity contribution in [3.8, 4) is 5.75 Å². The fourth-order valence-electron chi connectivity index (χ4n) is 2.99. The van der Waals surface area contributed by atoms with Crippen LogP contribution in [0, 0.1) is 5.82 Å². The van der Waals surface area contributed by atoms with Crippen molar-refractivity contribution in [1.82, 2.24) is 10.6 Å². The summed E-state index contributed by atoms with van der Waals surface area (Å²) in [5.41, 5.74) is 1.87. The minimum absolute atomic E-state index is 0.0369. The molecule has 2 aromatic carbocycles. The van der Waals surface area contributed by atoms with E-state index in [1.165, 1.54) is 11.6 Å². The number of hydrogen-bond donors (Lipinski definition) is 2. The molecule has 4 nitrogen and oxygen atoms in total. The zero-order valence-electron chi connectivity index (χ0n) is 14.3. The molecule has 1 aliphatic rings. The SMILES string of the molecule is COc1ccc(C2(CNC(=O)NCCc3ccccc3F)CC2)cc1. The predicted molar refractivity (Wildman–Crippen MR) is 95.4 cm³/mol. The summed E-state index contributed by atoms with van der Waals surface area (Å²) in [4.78, 5) is 12.0. The second-order valence-corrected chi connectivity index (χ2v) is 6.46. The molecule has 25 heavy (non-hydrogen) atoms. The first-order valence-corrected chi connectivity index (χ1v) is 8.53. The third-order valence-corrected chi connectivity index (χ3v) is 4.78. The number of amides is 2. The van der Waals surface area contributed by atoms with Gasteiger partial charge in [0.25, 0.3) is 0 Å². The van der Waals surface area contributed by atoms with Gasteiger partial charge in [0, 0.05) is 18.5 Å². The lowest BCUT2D eigenvalue weighted by Gasteiger charge is -2.17. The Kier molecular flexibility index (Phi) is 5.22. The first-order valence-electron chi connectivity index (χ1n) is 8.53. The number of nitrogens with one attached hydrogen (secondary N) is 2. The van der Waals surface area contributed by atoms with Crippen LogP contribution in [0.15, 0.2) is 48.5 Å². The van der Waals surface area contributed by atoms with Crippen LogP contribution in [0.5, 0.6) is 5.75 Å². The molecule has 2 aromatic rings. The quantitative estimate of drug-likeness (QED) is 0.810. The van der Waals surface area contributed by atoms with E-state index in [1.54, 1.807) is 25.3 Å². The van der Waals surface area contributed by atoms with Crippen molar-refractivity contribution in [2.45, 2.75) is 24.7 Å². The lowest BCUT2D eigenvalue weighted by atomic mass is 9.96. The molecule has 3 rings (SSSR count). The van der Waals surface area contributed by atoms with E-state index in [4.69, 9.17) is 4.74 Å². The summed E-state index contributed by atoms with van der Waals surface area (Å²) in [6, 6.07) is 14.4. The highest BCUT2D eigenvalue weighted by Crippen LogP contribution is 2.47. The Morgan fingerprint density at radius 1 is 1.12 bits per heavy atom. The first-order chi connectivity index (χ1) is 12.1. The molecule has 1 saturated carbocycles. The molecule has 2 amide bonds. The van der Waals surface area contributed by atoms with E-state index in [0.717, 1.165) is 18.6 Å². The zero-order valence-corrected chi connectivity index (χ0v) is 14.3. The third-order valence-electron chi connectivity index (χ3n) is 4.78. The van der Waals surface area contributed by atoms with Gasteiger partial charge in [0.2, 0.25) is 0 Å². The summed E-state index contributed by atoms with van der Waals surface area (Å²) in [5, 5.41) is 5.73. The Balaban J connectivity index is 1.45. The molecule has 0 radical (unpaired) electrons. The van der Waals surface area contributed by atoms with Crippen LogP contribution in [0.1, 0.15) is 24.0 Å². The van der Waals surface area contributed by atoms with E-state index in [0.29, 0.717) is 25.1 Å². The monoisotopic (exact) mass is 342 g/mol. The summed E-state index contributed by atoms with van der Waals surface area (Å²) in [6.07, 6.45) is 2.60. The molecule has 0 aliphatic heterocycles. The molecule has 0 saturated heterocycles. The molecule has 0 heterocycles. The second kappa shape index (κ2) is 7.55. The molecule has 0 bridgehead atoms. The number of ether oxygens (including phenoxy) is 1. The Morgan fingerprint density at radius 3 is 2.48 bits per heavy atom. The van der Waals surface area contributed by atoms with Gasteiger partial charge in [-0.25, -0.2) is 9.18 Å². The lowest BCUT2D eigenvalue weighted by molar-refractivity contribution is 0.240. The molecule has 0 unspecified atom stereocenters. The summed E-state index contributed by atoms with van der Waals surface area (Å²) < 4.78 is 18.7. The van der Waals surface area contributed by atoms with Gasteiger partial charge in [-0.05, 0) is 48.6 Å². The van der Waals surface area contributed by atoms with Crippen LogP contribution in [0.25, 0.3) is 0 Å². The summed E-state index contributed by atoms with van der Waals surface area (Å²) in [7, 11) is 1.65. The summed E-state index contributed by atoms with van der Waals surface area (Å²) >= 11 is 0. The van der Waals surface area contributed by atoms with Crippen molar-refractivity contribution >= 4 is 6.03 Å². The van der Waals surface area contributed by atoms with Crippen LogP contribution < -0.4 is 15.4 Å². The van der Waals surface area contributed by atoms with Gasteiger partial charge in [0.15, 0.2) is 0 Å². The van der Waals surface area contributed by atoms with Gasteiger partial charge in [-0.15, -0.1) is 0 Å². The molecule has 132 valence electrons.